The van der Waals surface area contributed by atoms with Crippen molar-refractivity contribution in [3.63, 3.8) is 0 Å². The number of fused-ring (bicyclic) bond motifs is 1. The topological polar surface area (TPSA) is 18.5 Å². The highest BCUT2D eigenvalue weighted by molar-refractivity contribution is 5.83. The molecule has 2 unspecified atom stereocenters. The molecule has 0 spiro atoms. The van der Waals surface area contributed by atoms with Crippen molar-refractivity contribution in [2.24, 2.45) is 0 Å². The molecule has 1 heterocycles. The molecule has 0 saturated carbocycles. The summed E-state index contributed by atoms with van der Waals surface area (Å²) < 4.78 is 12.3. The predicted molar refractivity (Wildman–Crippen MR) is 87.5 cm³/mol. The second-order valence-corrected chi connectivity index (χ2v) is 5.84. The third-order valence-electron chi connectivity index (χ3n) is 4.32. The molecule has 0 N–H and O–H groups in total. The lowest BCUT2D eigenvalue weighted by Gasteiger charge is -2.24. The number of rotatable bonds is 2. The van der Waals surface area contributed by atoms with Crippen LogP contribution < -0.4 is 0 Å². The maximum atomic E-state index is 6.25. The molecule has 3 aromatic carbocycles. The Hall–Kier alpha value is -2.16. The van der Waals surface area contributed by atoms with Gasteiger partial charge in [0.05, 0.1) is 6.61 Å². The minimum Gasteiger partial charge on any atom is -0.343 e. The van der Waals surface area contributed by atoms with Crippen LogP contribution in [0.1, 0.15) is 24.2 Å². The van der Waals surface area contributed by atoms with Crippen LogP contribution in [0.2, 0.25) is 0 Å². The fraction of sp³-hybridized carbons (Fsp3) is 0.200. The Kier molecular flexibility index (Phi) is 3.21. The average molecular weight is 290 g/mol. The van der Waals surface area contributed by atoms with Gasteiger partial charge in [0.25, 0.3) is 0 Å². The van der Waals surface area contributed by atoms with Crippen LogP contribution in [-0.2, 0) is 15.3 Å². The minimum absolute atomic E-state index is 0.0160. The lowest BCUT2D eigenvalue weighted by atomic mass is 10.0. The Bertz CT molecular complexity index is 797. The summed E-state index contributed by atoms with van der Waals surface area (Å²) in [5.41, 5.74) is 2.22. The van der Waals surface area contributed by atoms with Gasteiger partial charge in [-0.1, -0.05) is 66.7 Å². The zero-order valence-electron chi connectivity index (χ0n) is 12.5. The van der Waals surface area contributed by atoms with E-state index < -0.39 is 5.79 Å². The van der Waals surface area contributed by atoms with Crippen molar-refractivity contribution in [3.05, 3.63) is 83.9 Å². The molecule has 110 valence electrons. The van der Waals surface area contributed by atoms with Crippen molar-refractivity contribution < 1.29 is 9.47 Å². The Morgan fingerprint density at radius 3 is 2.41 bits per heavy atom. The van der Waals surface area contributed by atoms with E-state index in [1.165, 1.54) is 10.8 Å². The van der Waals surface area contributed by atoms with Crippen molar-refractivity contribution in [2.75, 3.05) is 6.61 Å². The van der Waals surface area contributed by atoms with Gasteiger partial charge in [0.2, 0.25) is 0 Å². The van der Waals surface area contributed by atoms with Crippen LogP contribution >= 0.6 is 0 Å². The largest absolute Gasteiger partial charge is 0.343 e. The second-order valence-electron chi connectivity index (χ2n) is 5.84. The highest BCUT2D eigenvalue weighted by atomic mass is 16.7. The molecule has 2 nitrogen and oxygen atoms in total. The van der Waals surface area contributed by atoms with E-state index >= 15 is 0 Å². The van der Waals surface area contributed by atoms with Crippen LogP contribution in [0.3, 0.4) is 0 Å². The summed E-state index contributed by atoms with van der Waals surface area (Å²) in [5, 5.41) is 2.43. The van der Waals surface area contributed by atoms with Crippen LogP contribution in [0.5, 0.6) is 0 Å². The van der Waals surface area contributed by atoms with E-state index in [0.29, 0.717) is 6.61 Å². The Morgan fingerprint density at radius 1 is 0.864 bits per heavy atom. The summed E-state index contributed by atoms with van der Waals surface area (Å²) in [7, 11) is 0. The summed E-state index contributed by atoms with van der Waals surface area (Å²) in [5.74, 6) is -0.690. The zero-order chi connectivity index (χ0) is 15.0. The molecule has 0 aromatic heterocycles. The van der Waals surface area contributed by atoms with Crippen molar-refractivity contribution in [1.29, 1.82) is 0 Å². The molecule has 1 aliphatic rings. The lowest BCUT2D eigenvalue weighted by molar-refractivity contribution is -0.162. The molecule has 0 aliphatic carbocycles. The maximum Gasteiger partial charge on any atom is 0.192 e. The first-order valence-corrected chi connectivity index (χ1v) is 7.61. The molecule has 3 aromatic rings. The van der Waals surface area contributed by atoms with E-state index in [1.807, 2.05) is 25.1 Å². The van der Waals surface area contributed by atoms with Gasteiger partial charge in [0.15, 0.2) is 5.79 Å². The lowest BCUT2D eigenvalue weighted by Crippen LogP contribution is -2.22. The van der Waals surface area contributed by atoms with Gasteiger partial charge in [-0.2, -0.15) is 0 Å². The molecule has 0 radical (unpaired) electrons. The van der Waals surface area contributed by atoms with Gasteiger partial charge in [0, 0.05) is 5.56 Å². The van der Waals surface area contributed by atoms with Gasteiger partial charge < -0.3 is 9.47 Å². The molecular formula is C20H18O2. The average Bonchev–Trinajstić information content (AvgIpc) is 2.99. The Labute approximate surface area is 130 Å². The minimum atomic E-state index is -0.690. The van der Waals surface area contributed by atoms with Crippen LogP contribution in [0.25, 0.3) is 10.8 Å². The normalized spacial score (nSPS) is 24.7. The maximum absolute atomic E-state index is 6.25. The van der Waals surface area contributed by atoms with Crippen LogP contribution in [0, 0.1) is 0 Å². The molecule has 4 rings (SSSR count). The highest BCUT2D eigenvalue weighted by Crippen LogP contribution is 2.40. The Balaban J connectivity index is 1.66. The smallest absolute Gasteiger partial charge is 0.192 e. The molecule has 2 atom stereocenters. The van der Waals surface area contributed by atoms with Gasteiger partial charge in [0.1, 0.15) is 6.10 Å². The third kappa shape index (κ3) is 2.31. The molecule has 1 fully saturated rings. The van der Waals surface area contributed by atoms with E-state index in [2.05, 4.69) is 54.6 Å². The summed E-state index contributed by atoms with van der Waals surface area (Å²) >= 11 is 0. The fourth-order valence-corrected chi connectivity index (χ4v) is 3.03. The monoisotopic (exact) mass is 290 g/mol. The zero-order valence-corrected chi connectivity index (χ0v) is 12.5. The van der Waals surface area contributed by atoms with Crippen LogP contribution in [0.15, 0.2) is 72.8 Å². The molecular weight excluding hydrogens is 272 g/mol. The summed E-state index contributed by atoms with van der Waals surface area (Å²) in [6, 6.07) is 25.0. The quantitative estimate of drug-likeness (QED) is 0.675. The number of benzene rings is 3. The fourth-order valence-electron chi connectivity index (χ4n) is 3.03. The first kappa shape index (κ1) is 13.5. The number of hydrogen-bond acceptors (Lipinski definition) is 2. The number of ether oxygens (including phenoxy) is 2. The van der Waals surface area contributed by atoms with Gasteiger partial charge in [-0.05, 0) is 29.3 Å². The third-order valence-corrected chi connectivity index (χ3v) is 4.32. The van der Waals surface area contributed by atoms with Gasteiger partial charge >= 0.3 is 0 Å². The number of hydrogen-bond donors (Lipinski definition) is 0. The van der Waals surface area contributed by atoms with E-state index in [9.17, 15) is 0 Å². The van der Waals surface area contributed by atoms with E-state index in [1.54, 1.807) is 0 Å². The van der Waals surface area contributed by atoms with Crippen molar-refractivity contribution >= 4 is 10.8 Å². The first-order valence-electron chi connectivity index (χ1n) is 7.61. The Morgan fingerprint density at radius 2 is 1.59 bits per heavy atom. The van der Waals surface area contributed by atoms with Gasteiger partial charge in [-0.25, -0.2) is 0 Å². The molecule has 1 saturated heterocycles. The second kappa shape index (κ2) is 5.24. The van der Waals surface area contributed by atoms with E-state index in [4.69, 9.17) is 9.47 Å². The van der Waals surface area contributed by atoms with Crippen molar-refractivity contribution in [1.82, 2.24) is 0 Å². The van der Waals surface area contributed by atoms with E-state index in [-0.39, 0.29) is 6.10 Å². The van der Waals surface area contributed by atoms with Crippen molar-refractivity contribution in [2.45, 2.75) is 18.8 Å². The first-order chi connectivity index (χ1) is 10.7. The predicted octanol–water partition coefficient (Wildman–Crippen LogP) is 4.80. The highest BCUT2D eigenvalue weighted by Gasteiger charge is 2.39. The summed E-state index contributed by atoms with van der Waals surface area (Å²) in [4.78, 5) is 0. The van der Waals surface area contributed by atoms with Crippen LogP contribution in [-0.4, -0.2) is 6.61 Å². The van der Waals surface area contributed by atoms with Crippen molar-refractivity contribution in [3.8, 4) is 0 Å². The van der Waals surface area contributed by atoms with Crippen LogP contribution in [0.4, 0.5) is 0 Å². The van der Waals surface area contributed by atoms with E-state index in [0.717, 1.165) is 11.1 Å². The molecule has 0 amide bonds. The molecule has 2 heteroatoms. The van der Waals surface area contributed by atoms with Gasteiger partial charge in [-0.15, -0.1) is 0 Å². The summed E-state index contributed by atoms with van der Waals surface area (Å²) in [6.07, 6.45) is -0.0160. The molecule has 1 aliphatic heterocycles. The standard InChI is InChI=1S/C20H18O2/c1-20(18-12-11-15-7-5-6-10-17(15)13-18)21-14-19(22-20)16-8-3-2-4-9-16/h2-13,19H,14H2,1H3. The molecule has 0 bridgehead atoms. The summed E-state index contributed by atoms with van der Waals surface area (Å²) in [6.45, 7) is 2.58. The van der Waals surface area contributed by atoms with Gasteiger partial charge in [-0.3, -0.25) is 0 Å². The SMILES string of the molecule is CC1(c2ccc3ccccc3c2)OCC(c2ccccc2)O1. The molecule has 22 heavy (non-hydrogen) atoms.